The van der Waals surface area contributed by atoms with E-state index < -0.39 is 7.14 Å². The van der Waals surface area contributed by atoms with Crippen molar-refractivity contribution in [2.24, 2.45) is 0 Å². The number of nitrogens with zero attached hydrogens (tertiary/aromatic N) is 2. The average Bonchev–Trinajstić information content (AvgIpc) is 3.69. The first-order valence-corrected chi connectivity index (χ1v) is 21.1. The molecule has 0 spiro atoms. The van der Waals surface area contributed by atoms with Crippen molar-refractivity contribution in [3.63, 3.8) is 0 Å². The third kappa shape index (κ3) is 4.67. The van der Waals surface area contributed by atoms with Crippen LogP contribution in [0.25, 0.3) is 92.9 Å². The van der Waals surface area contributed by atoms with Gasteiger partial charge in [0.25, 0.3) is 0 Å². The molecule has 0 aliphatic heterocycles. The number of fused-ring (bicyclic) bond motifs is 8. The largest absolute Gasteiger partial charge is 0.309 e. The van der Waals surface area contributed by atoms with Crippen molar-refractivity contribution in [2.75, 3.05) is 0 Å². The summed E-state index contributed by atoms with van der Waals surface area (Å²) >= 11 is 0. The molecule has 0 amide bonds. The first-order chi connectivity index (χ1) is 28.1. The predicted molar refractivity (Wildman–Crippen MR) is 242 cm³/mol. The zero-order valence-electron chi connectivity index (χ0n) is 30.8. The van der Waals surface area contributed by atoms with Crippen LogP contribution in [0.1, 0.15) is 0 Å². The van der Waals surface area contributed by atoms with E-state index >= 15 is 4.57 Å². The molecule has 0 saturated heterocycles. The molecule has 0 bridgehead atoms. The van der Waals surface area contributed by atoms with E-state index in [1.54, 1.807) is 0 Å². The van der Waals surface area contributed by atoms with Crippen LogP contribution in [0.3, 0.4) is 0 Å². The summed E-state index contributed by atoms with van der Waals surface area (Å²) in [6, 6.07) is 70.3. The van der Waals surface area contributed by atoms with E-state index in [1.165, 1.54) is 38.1 Å². The molecule has 0 aliphatic carbocycles. The fourth-order valence-electron chi connectivity index (χ4n) is 9.35. The number of para-hydroxylation sites is 3. The zero-order chi connectivity index (χ0) is 37.7. The number of benzene rings is 10. The van der Waals surface area contributed by atoms with Crippen molar-refractivity contribution >= 4 is 93.7 Å². The lowest BCUT2D eigenvalue weighted by molar-refractivity contribution is 0.592. The standard InChI is InChI=1S/C53H33N2OP/c56-57(39-11-3-1-4-12-39,40-13-5-2-6-14-40)50-32-27-37-24-29-43-41(28-23-36-25-31-45(50)52(37)51(36)43)35-21-19-34(20-22-35)38-26-30-44-46(33-38)42-15-7-9-17-48(42)55-49-18-10-8-16-47(49)54-53(44)55/h1-33H. The summed E-state index contributed by atoms with van der Waals surface area (Å²) < 4.78 is 17.9. The molecular weight excluding hydrogens is 712 g/mol. The summed E-state index contributed by atoms with van der Waals surface area (Å²) in [6.07, 6.45) is 0. The van der Waals surface area contributed by atoms with Gasteiger partial charge in [0.2, 0.25) is 0 Å². The van der Waals surface area contributed by atoms with Crippen LogP contribution in [0.2, 0.25) is 0 Å². The second-order valence-corrected chi connectivity index (χ2v) is 17.7. The van der Waals surface area contributed by atoms with Gasteiger partial charge in [-0.3, -0.25) is 4.40 Å². The van der Waals surface area contributed by atoms with Crippen molar-refractivity contribution in [3.05, 3.63) is 200 Å². The Morgan fingerprint density at radius 3 is 1.72 bits per heavy atom. The van der Waals surface area contributed by atoms with Gasteiger partial charge in [0, 0.05) is 26.7 Å². The molecule has 2 heterocycles. The molecule has 0 saturated carbocycles. The van der Waals surface area contributed by atoms with Crippen molar-refractivity contribution in [2.45, 2.75) is 0 Å². The minimum atomic E-state index is -3.19. The van der Waals surface area contributed by atoms with E-state index in [1.807, 2.05) is 60.7 Å². The maximum absolute atomic E-state index is 15.6. The molecule has 12 aromatic rings. The van der Waals surface area contributed by atoms with E-state index in [-0.39, 0.29) is 0 Å². The molecule has 0 N–H and O–H groups in total. The lowest BCUT2D eigenvalue weighted by Gasteiger charge is -2.23. The van der Waals surface area contributed by atoms with Crippen molar-refractivity contribution in [1.82, 2.24) is 9.38 Å². The molecule has 12 rings (SSSR count). The minimum Gasteiger partial charge on any atom is -0.309 e. The Labute approximate surface area is 328 Å². The maximum Gasteiger partial charge on any atom is 0.171 e. The summed E-state index contributed by atoms with van der Waals surface area (Å²) in [5.41, 5.74) is 8.94. The van der Waals surface area contributed by atoms with Crippen LogP contribution in [0.4, 0.5) is 0 Å². The van der Waals surface area contributed by atoms with Crippen LogP contribution >= 0.6 is 7.14 Å². The normalized spacial score (nSPS) is 12.3. The Morgan fingerprint density at radius 2 is 0.965 bits per heavy atom. The molecule has 0 radical (unpaired) electrons. The van der Waals surface area contributed by atoms with Crippen LogP contribution in [-0.2, 0) is 4.57 Å². The molecule has 2 aromatic heterocycles. The smallest absolute Gasteiger partial charge is 0.171 e. The van der Waals surface area contributed by atoms with Gasteiger partial charge in [0.1, 0.15) is 5.65 Å². The third-order valence-corrected chi connectivity index (χ3v) is 15.1. The molecule has 266 valence electrons. The first-order valence-electron chi connectivity index (χ1n) is 19.4. The Hall–Kier alpha value is -7.06. The number of pyridine rings is 1. The molecule has 0 unspecified atom stereocenters. The van der Waals surface area contributed by atoms with Crippen molar-refractivity contribution in [3.8, 4) is 22.3 Å². The van der Waals surface area contributed by atoms with Crippen LogP contribution in [0.15, 0.2) is 200 Å². The molecule has 0 aliphatic rings. The van der Waals surface area contributed by atoms with Gasteiger partial charge in [-0.2, -0.15) is 0 Å². The van der Waals surface area contributed by atoms with Gasteiger partial charge in [0.15, 0.2) is 7.14 Å². The average molecular weight is 745 g/mol. The Morgan fingerprint density at radius 1 is 0.404 bits per heavy atom. The fourth-order valence-corrected chi connectivity index (χ4v) is 12.2. The highest BCUT2D eigenvalue weighted by Gasteiger charge is 2.32. The van der Waals surface area contributed by atoms with Gasteiger partial charge < -0.3 is 4.57 Å². The highest BCUT2D eigenvalue weighted by Crippen LogP contribution is 2.47. The predicted octanol–water partition coefficient (Wildman–Crippen LogP) is 12.7. The SMILES string of the molecule is O=P(c1ccccc1)(c1ccccc1)c1ccc2ccc3c(-c4ccc(-c5ccc6c(c5)c5ccccc5n5c7ccccc7nc65)cc4)ccc4ccc1c2c43. The van der Waals surface area contributed by atoms with Crippen LogP contribution in [0.5, 0.6) is 0 Å². The molecular formula is C53H33N2OP. The second kappa shape index (κ2) is 12.2. The quantitative estimate of drug-likeness (QED) is 0.130. The summed E-state index contributed by atoms with van der Waals surface area (Å²) in [4.78, 5) is 5.09. The molecule has 10 aromatic carbocycles. The monoisotopic (exact) mass is 744 g/mol. The Bertz CT molecular complexity index is 3550. The number of hydrogen-bond acceptors (Lipinski definition) is 2. The van der Waals surface area contributed by atoms with Crippen molar-refractivity contribution in [1.29, 1.82) is 0 Å². The summed E-state index contributed by atoms with van der Waals surface area (Å²) in [5.74, 6) is 0. The Kier molecular flexibility index (Phi) is 6.90. The molecule has 0 atom stereocenters. The number of hydrogen-bond donors (Lipinski definition) is 0. The number of rotatable bonds is 5. The molecule has 0 fully saturated rings. The van der Waals surface area contributed by atoms with Gasteiger partial charge >= 0.3 is 0 Å². The highest BCUT2D eigenvalue weighted by atomic mass is 31.2. The van der Waals surface area contributed by atoms with Crippen LogP contribution in [-0.4, -0.2) is 9.38 Å². The number of aromatic nitrogens is 2. The summed E-state index contributed by atoms with van der Waals surface area (Å²) in [6.45, 7) is 0. The first kappa shape index (κ1) is 32.2. The van der Waals surface area contributed by atoms with Crippen LogP contribution in [0, 0.1) is 0 Å². The molecule has 4 heteroatoms. The summed E-state index contributed by atoms with van der Waals surface area (Å²) in [5, 5.41) is 13.0. The molecule has 57 heavy (non-hydrogen) atoms. The van der Waals surface area contributed by atoms with Gasteiger partial charge in [-0.1, -0.05) is 164 Å². The lowest BCUT2D eigenvalue weighted by Crippen LogP contribution is -2.25. The maximum atomic E-state index is 15.6. The Balaban J connectivity index is 0.999. The van der Waals surface area contributed by atoms with Crippen molar-refractivity contribution < 1.29 is 4.57 Å². The van der Waals surface area contributed by atoms with E-state index in [4.69, 9.17) is 4.98 Å². The van der Waals surface area contributed by atoms with Gasteiger partial charge in [-0.15, -0.1) is 0 Å². The van der Waals surface area contributed by atoms with Gasteiger partial charge in [-0.05, 0) is 96.4 Å². The summed E-state index contributed by atoms with van der Waals surface area (Å²) in [7, 11) is -3.19. The molecule has 3 nitrogen and oxygen atoms in total. The van der Waals surface area contributed by atoms with E-state index in [2.05, 4.69) is 144 Å². The number of imidazole rings is 1. The van der Waals surface area contributed by atoms with Crippen LogP contribution < -0.4 is 15.9 Å². The fraction of sp³-hybridized carbons (Fsp3) is 0. The third-order valence-electron chi connectivity index (χ3n) is 12.0. The minimum absolute atomic E-state index is 0.843. The lowest BCUT2D eigenvalue weighted by atomic mass is 9.89. The van der Waals surface area contributed by atoms with Gasteiger partial charge in [0.05, 0.1) is 16.6 Å². The highest BCUT2D eigenvalue weighted by molar-refractivity contribution is 7.85. The van der Waals surface area contributed by atoms with E-state index in [9.17, 15) is 0 Å². The van der Waals surface area contributed by atoms with E-state index in [0.29, 0.717) is 0 Å². The zero-order valence-corrected chi connectivity index (χ0v) is 31.7. The van der Waals surface area contributed by atoms with E-state index in [0.717, 1.165) is 70.8 Å². The second-order valence-electron chi connectivity index (χ2n) is 15.0. The topological polar surface area (TPSA) is 34.4 Å². The van der Waals surface area contributed by atoms with Gasteiger partial charge in [-0.25, -0.2) is 4.98 Å².